The van der Waals surface area contributed by atoms with Gasteiger partial charge in [0.2, 0.25) is 0 Å². The number of benzene rings is 1. The van der Waals surface area contributed by atoms with E-state index in [0.29, 0.717) is 0 Å². The normalized spacial score (nSPS) is 6.00. The molecule has 0 spiro atoms. The van der Waals surface area contributed by atoms with E-state index in [2.05, 4.69) is 6.07 Å². The number of hydrogen-bond donors (Lipinski definition) is 0. The molecule has 0 aliphatic carbocycles. The van der Waals surface area contributed by atoms with Gasteiger partial charge in [-0.1, -0.05) is 0 Å². The molecule has 0 aromatic heterocycles. The Labute approximate surface area is 63.7 Å². The molecular formula is C7H9Rh. The first-order valence-electron chi connectivity index (χ1n) is 1.91. The smallest absolute Gasteiger partial charge is 0.171 e. The molecule has 0 saturated carbocycles. The first-order chi connectivity index (χ1) is 3.00. The molecule has 0 saturated heterocycles. The van der Waals surface area contributed by atoms with E-state index in [1.54, 1.807) is 0 Å². The minimum absolute atomic E-state index is 0. The maximum absolute atomic E-state index is 2.89. The summed E-state index contributed by atoms with van der Waals surface area (Å²) < 4.78 is 0. The van der Waals surface area contributed by atoms with E-state index >= 15 is 0 Å². The third-order valence-electron chi connectivity index (χ3n) is 0.607. The molecule has 0 fully saturated rings. The van der Waals surface area contributed by atoms with Gasteiger partial charge >= 0.3 is 19.5 Å². The molecule has 0 nitrogen and oxygen atoms in total. The van der Waals surface area contributed by atoms with Gasteiger partial charge in [0.05, 0.1) is 0 Å². The van der Waals surface area contributed by atoms with Crippen LogP contribution in [0.3, 0.4) is 0 Å². The van der Waals surface area contributed by atoms with Crippen molar-refractivity contribution in [3.8, 4) is 0 Å². The van der Waals surface area contributed by atoms with E-state index in [4.69, 9.17) is 0 Å². The summed E-state index contributed by atoms with van der Waals surface area (Å²) in [6.07, 6.45) is 0. The summed E-state index contributed by atoms with van der Waals surface area (Å²) in [6.45, 7) is 0. The summed E-state index contributed by atoms with van der Waals surface area (Å²) in [4.78, 5) is 0. The predicted molar refractivity (Wildman–Crippen MR) is 33.1 cm³/mol. The average Bonchev–Trinajstić information content (AvgIpc) is 1.72. The summed E-state index contributed by atoms with van der Waals surface area (Å²) in [5, 5.41) is 0. The van der Waals surface area contributed by atoms with Gasteiger partial charge in [0.15, 0.2) is 0 Å². The standard InChI is InChI=1S/C6H5.CH3.Rh.H/c1-2-4-6-5-3-1;;;/h1-5H;1H3;;/q2*-1;+2;. The quantitative estimate of drug-likeness (QED) is 0.437. The minimum atomic E-state index is 0. The van der Waals surface area contributed by atoms with E-state index in [-0.39, 0.29) is 26.9 Å². The molecule has 1 heteroatoms. The molecule has 0 atom stereocenters. The summed E-state index contributed by atoms with van der Waals surface area (Å²) in [5.74, 6) is 0. The van der Waals surface area contributed by atoms with Crippen molar-refractivity contribution >= 4 is 0 Å². The second-order valence-electron chi connectivity index (χ2n) is 1.08. The fraction of sp³-hybridized carbons (Fsp3) is 0. The van der Waals surface area contributed by atoms with Crippen molar-refractivity contribution in [2.75, 3.05) is 0 Å². The molecule has 1 radical (unpaired) electrons. The van der Waals surface area contributed by atoms with Crippen molar-refractivity contribution in [3.63, 3.8) is 0 Å². The molecule has 0 heterocycles. The third-order valence-corrected chi connectivity index (χ3v) is 0.607. The first-order valence-corrected chi connectivity index (χ1v) is 1.91. The van der Waals surface area contributed by atoms with E-state index in [1.165, 1.54) is 0 Å². The largest absolute Gasteiger partial charge is 0.184 e. The Kier molecular flexibility index (Phi) is 9.20. The summed E-state index contributed by atoms with van der Waals surface area (Å²) in [6, 6.07) is 12.5. The Balaban J connectivity index is 0. The van der Waals surface area contributed by atoms with Crippen molar-refractivity contribution < 1.29 is 19.5 Å². The van der Waals surface area contributed by atoms with Crippen molar-refractivity contribution in [1.82, 2.24) is 0 Å². The monoisotopic (exact) mass is 196 g/mol. The molecule has 0 N–H and O–H groups in total. The van der Waals surface area contributed by atoms with Gasteiger partial charge in [0.25, 0.3) is 0 Å². The molecule has 46 valence electrons. The molecule has 0 bridgehead atoms. The molecule has 0 amide bonds. The Bertz CT molecular complexity index is 76.3. The second kappa shape index (κ2) is 6.84. The van der Waals surface area contributed by atoms with Crippen LogP contribution in [0.2, 0.25) is 0 Å². The van der Waals surface area contributed by atoms with Gasteiger partial charge in [-0.25, -0.2) is 0 Å². The SMILES string of the molecule is [CH3-].[RhH+2].[c-]1ccccc1. The van der Waals surface area contributed by atoms with Crippen LogP contribution in [0.4, 0.5) is 0 Å². The molecular weight excluding hydrogens is 187 g/mol. The molecule has 1 aromatic carbocycles. The first kappa shape index (κ1) is 10.8. The van der Waals surface area contributed by atoms with Crippen LogP contribution in [-0.2, 0) is 19.5 Å². The maximum Gasteiger partial charge on any atom is -0.171 e. The van der Waals surface area contributed by atoms with Crippen LogP contribution in [0, 0.1) is 13.5 Å². The van der Waals surface area contributed by atoms with Crippen LogP contribution >= 0.6 is 0 Å². The van der Waals surface area contributed by atoms with Gasteiger partial charge < -0.3 is 7.43 Å². The molecule has 1 aromatic rings. The summed E-state index contributed by atoms with van der Waals surface area (Å²) in [7, 11) is 0. The van der Waals surface area contributed by atoms with E-state index in [0.717, 1.165) is 0 Å². The summed E-state index contributed by atoms with van der Waals surface area (Å²) >= 11 is 0. The Morgan fingerprint density at radius 2 is 1.38 bits per heavy atom. The van der Waals surface area contributed by atoms with E-state index < -0.39 is 0 Å². The van der Waals surface area contributed by atoms with Gasteiger partial charge in [0.1, 0.15) is 0 Å². The van der Waals surface area contributed by atoms with Gasteiger partial charge in [-0.15, -0.1) is 0 Å². The van der Waals surface area contributed by atoms with Gasteiger partial charge in [0, 0.05) is 0 Å². The van der Waals surface area contributed by atoms with Crippen LogP contribution < -0.4 is 0 Å². The number of rotatable bonds is 0. The summed E-state index contributed by atoms with van der Waals surface area (Å²) in [5.41, 5.74) is 0. The Morgan fingerprint density at radius 1 is 0.875 bits per heavy atom. The third kappa shape index (κ3) is 4.01. The zero-order valence-electron chi connectivity index (χ0n) is 4.74. The van der Waals surface area contributed by atoms with Crippen LogP contribution in [0.1, 0.15) is 0 Å². The second-order valence-corrected chi connectivity index (χ2v) is 1.08. The Morgan fingerprint density at radius 3 is 1.50 bits per heavy atom. The van der Waals surface area contributed by atoms with E-state index in [9.17, 15) is 0 Å². The maximum atomic E-state index is 2.89. The van der Waals surface area contributed by atoms with Gasteiger partial charge in [-0.2, -0.15) is 36.4 Å². The molecule has 8 heavy (non-hydrogen) atoms. The van der Waals surface area contributed by atoms with Crippen LogP contribution in [0.25, 0.3) is 0 Å². The molecule has 0 aliphatic heterocycles. The molecule has 0 aliphatic rings. The number of hydrogen-bond acceptors (Lipinski definition) is 0. The van der Waals surface area contributed by atoms with Gasteiger partial charge in [-0.3, -0.25) is 0 Å². The molecule has 0 unspecified atom stereocenters. The fourth-order valence-electron chi connectivity index (χ4n) is 0.342. The predicted octanol–water partition coefficient (Wildman–Crippen LogP) is 1.67. The van der Waals surface area contributed by atoms with Crippen LogP contribution in [0.5, 0.6) is 0 Å². The Hall–Kier alpha value is -0.157. The van der Waals surface area contributed by atoms with Crippen molar-refractivity contribution in [2.24, 2.45) is 0 Å². The van der Waals surface area contributed by atoms with Crippen molar-refractivity contribution in [2.45, 2.75) is 0 Å². The fourth-order valence-corrected chi connectivity index (χ4v) is 0.342. The van der Waals surface area contributed by atoms with Crippen molar-refractivity contribution in [3.05, 3.63) is 43.8 Å². The van der Waals surface area contributed by atoms with Crippen LogP contribution in [0.15, 0.2) is 30.3 Å². The van der Waals surface area contributed by atoms with Gasteiger partial charge in [-0.05, 0) is 0 Å². The topological polar surface area (TPSA) is 0 Å². The minimum Gasteiger partial charge on any atom is -0.184 e. The van der Waals surface area contributed by atoms with Crippen molar-refractivity contribution in [1.29, 1.82) is 0 Å². The molecule has 1 rings (SSSR count). The zero-order chi connectivity index (χ0) is 4.24. The van der Waals surface area contributed by atoms with E-state index in [1.807, 2.05) is 30.3 Å². The zero-order valence-corrected chi connectivity index (χ0v) is 6.48. The average molecular weight is 196 g/mol. The van der Waals surface area contributed by atoms with Crippen LogP contribution in [-0.4, -0.2) is 0 Å².